The molecule has 0 bridgehead atoms. The highest BCUT2D eigenvalue weighted by Gasteiger charge is 2.02. The summed E-state index contributed by atoms with van der Waals surface area (Å²) in [4.78, 5) is 2.32. The molecule has 74 valence electrons. The average molecular weight is 189 g/mol. The molecule has 3 nitrogen and oxygen atoms in total. The van der Waals surface area contributed by atoms with E-state index >= 15 is 0 Å². The maximum atomic E-state index is 4.01. The fraction of sp³-hybridized carbons (Fsp3) is 0.364. The molecule has 14 heavy (non-hydrogen) atoms. The third kappa shape index (κ3) is 1.45. The first kappa shape index (κ1) is 9.06. The minimum atomic E-state index is 1.04. The summed E-state index contributed by atoms with van der Waals surface area (Å²) in [6.07, 6.45) is 1.85. The number of nitrogens with one attached hydrogen (secondary N) is 1. The standard InChI is InChI=1S/C11H15N3/c1-3-14(4-2)10-6-5-9-8-12-13-11(9)7-10/h5-8H,3-4H2,1-2H3,(H,12,13). The second-order valence-electron chi connectivity index (χ2n) is 3.31. The zero-order valence-corrected chi connectivity index (χ0v) is 8.62. The van der Waals surface area contributed by atoms with Crippen LogP contribution < -0.4 is 4.90 Å². The number of aromatic nitrogens is 2. The Hall–Kier alpha value is -1.51. The number of fused-ring (bicyclic) bond motifs is 1. The molecule has 1 heterocycles. The van der Waals surface area contributed by atoms with Crippen LogP contribution in [0.2, 0.25) is 0 Å². The molecule has 1 aromatic heterocycles. The lowest BCUT2D eigenvalue weighted by Gasteiger charge is -2.20. The van der Waals surface area contributed by atoms with Crippen LogP contribution >= 0.6 is 0 Å². The van der Waals surface area contributed by atoms with E-state index in [0.717, 1.165) is 18.6 Å². The second-order valence-corrected chi connectivity index (χ2v) is 3.31. The molecule has 1 N–H and O–H groups in total. The first-order valence-electron chi connectivity index (χ1n) is 5.03. The molecule has 0 spiro atoms. The number of benzene rings is 1. The van der Waals surface area contributed by atoms with E-state index in [9.17, 15) is 0 Å². The summed E-state index contributed by atoms with van der Waals surface area (Å²) in [5, 5.41) is 8.16. The highest BCUT2D eigenvalue weighted by atomic mass is 15.1. The summed E-state index contributed by atoms with van der Waals surface area (Å²) in [5.41, 5.74) is 2.36. The van der Waals surface area contributed by atoms with Gasteiger partial charge in [-0.1, -0.05) is 0 Å². The van der Waals surface area contributed by atoms with Gasteiger partial charge in [-0.05, 0) is 32.0 Å². The zero-order valence-electron chi connectivity index (χ0n) is 8.62. The van der Waals surface area contributed by atoms with Crippen LogP contribution in [0.25, 0.3) is 10.9 Å². The number of H-pyrrole nitrogens is 1. The molecular formula is C11H15N3. The van der Waals surface area contributed by atoms with Crippen molar-refractivity contribution in [2.75, 3.05) is 18.0 Å². The van der Waals surface area contributed by atoms with Crippen molar-refractivity contribution in [1.82, 2.24) is 10.2 Å². The maximum Gasteiger partial charge on any atom is 0.0670 e. The molecule has 0 aliphatic carbocycles. The van der Waals surface area contributed by atoms with Crippen LogP contribution in [0.4, 0.5) is 5.69 Å². The summed E-state index contributed by atoms with van der Waals surface area (Å²) < 4.78 is 0. The molecule has 0 amide bonds. The van der Waals surface area contributed by atoms with Gasteiger partial charge in [0, 0.05) is 24.2 Å². The Kier molecular flexibility index (Phi) is 2.39. The number of anilines is 1. The lowest BCUT2D eigenvalue weighted by Crippen LogP contribution is -2.21. The van der Waals surface area contributed by atoms with Crippen LogP contribution in [0.3, 0.4) is 0 Å². The molecule has 0 radical (unpaired) electrons. The molecule has 1 aromatic carbocycles. The van der Waals surface area contributed by atoms with Gasteiger partial charge < -0.3 is 4.90 Å². The molecule has 0 aliphatic rings. The van der Waals surface area contributed by atoms with Crippen LogP contribution in [-0.2, 0) is 0 Å². The number of hydrogen-bond acceptors (Lipinski definition) is 2. The van der Waals surface area contributed by atoms with Crippen LogP contribution in [0.15, 0.2) is 24.4 Å². The quantitative estimate of drug-likeness (QED) is 0.804. The molecule has 0 atom stereocenters. The molecule has 3 heteroatoms. The third-order valence-electron chi connectivity index (χ3n) is 2.55. The molecule has 0 unspecified atom stereocenters. The van der Waals surface area contributed by atoms with Crippen molar-refractivity contribution in [1.29, 1.82) is 0 Å². The minimum absolute atomic E-state index is 1.04. The zero-order chi connectivity index (χ0) is 9.97. The van der Waals surface area contributed by atoms with Crippen molar-refractivity contribution in [2.45, 2.75) is 13.8 Å². The van der Waals surface area contributed by atoms with Gasteiger partial charge in [-0.25, -0.2) is 0 Å². The third-order valence-corrected chi connectivity index (χ3v) is 2.55. The van der Waals surface area contributed by atoms with E-state index < -0.39 is 0 Å². The van der Waals surface area contributed by atoms with Crippen LogP contribution in [0, 0.1) is 0 Å². The first-order chi connectivity index (χ1) is 6.85. The summed E-state index contributed by atoms with van der Waals surface area (Å²) in [6.45, 7) is 6.41. The predicted molar refractivity (Wildman–Crippen MR) is 59.7 cm³/mol. The van der Waals surface area contributed by atoms with E-state index in [-0.39, 0.29) is 0 Å². The largest absolute Gasteiger partial charge is 0.372 e. The van der Waals surface area contributed by atoms with Crippen LogP contribution in [0.5, 0.6) is 0 Å². The monoisotopic (exact) mass is 189 g/mol. The van der Waals surface area contributed by atoms with Crippen LogP contribution in [0.1, 0.15) is 13.8 Å². The van der Waals surface area contributed by atoms with Crippen molar-refractivity contribution in [3.63, 3.8) is 0 Å². The number of nitrogens with zero attached hydrogens (tertiary/aromatic N) is 2. The summed E-state index contributed by atoms with van der Waals surface area (Å²) in [5.74, 6) is 0. The van der Waals surface area contributed by atoms with E-state index in [1.807, 2.05) is 6.20 Å². The molecule has 0 fully saturated rings. The van der Waals surface area contributed by atoms with Crippen molar-refractivity contribution in [3.8, 4) is 0 Å². The molecular weight excluding hydrogens is 174 g/mol. The van der Waals surface area contributed by atoms with Gasteiger partial charge in [0.2, 0.25) is 0 Å². The van der Waals surface area contributed by atoms with Gasteiger partial charge in [0.15, 0.2) is 0 Å². The van der Waals surface area contributed by atoms with Gasteiger partial charge in [0.1, 0.15) is 0 Å². The smallest absolute Gasteiger partial charge is 0.0670 e. The molecule has 0 saturated carbocycles. The Balaban J connectivity index is 2.42. The van der Waals surface area contributed by atoms with Crippen molar-refractivity contribution >= 4 is 16.6 Å². The number of rotatable bonds is 3. The highest BCUT2D eigenvalue weighted by Crippen LogP contribution is 2.19. The Labute approximate surface area is 83.7 Å². The lowest BCUT2D eigenvalue weighted by atomic mass is 10.2. The van der Waals surface area contributed by atoms with Crippen LogP contribution in [-0.4, -0.2) is 23.3 Å². The average Bonchev–Trinajstić information content (AvgIpc) is 2.66. The normalized spacial score (nSPS) is 10.7. The predicted octanol–water partition coefficient (Wildman–Crippen LogP) is 2.41. The first-order valence-corrected chi connectivity index (χ1v) is 5.03. The van der Waals surface area contributed by atoms with Gasteiger partial charge in [-0.3, -0.25) is 5.10 Å². The van der Waals surface area contributed by atoms with E-state index in [2.05, 4.69) is 47.1 Å². The summed E-state index contributed by atoms with van der Waals surface area (Å²) >= 11 is 0. The Morgan fingerprint density at radius 2 is 2.07 bits per heavy atom. The minimum Gasteiger partial charge on any atom is -0.372 e. The highest BCUT2D eigenvalue weighted by molar-refractivity contribution is 5.81. The number of hydrogen-bond donors (Lipinski definition) is 1. The Morgan fingerprint density at radius 3 is 2.79 bits per heavy atom. The SMILES string of the molecule is CCN(CC)c1ccc2cn[nH]c2c1. The van der Waals surface area contributed by atoms with Gasteiger partial charge in [-0.2, -0.15) is 5.10 Å². The summed E-state index contributed by atoms with van der Waals surface area (Å²) in [6, 6.07) is 6.40. The molecule has 2 rings (SSSR count). The fourth-order valence-corrected chi connectivity index (χ4v) is 1.71. The number of aromatic amines is 1. The van der Waals surface area contributed by atoms with Crippen molar-refractivity contribution in [2.24, 2.45) is 0 Å². The van der Waals surface area contributed by atoms with Gasteiger partial charge in [-0.15, -0.1) is 0 Å². The fourth-order valence-electron chi connectivity index (χ4n) is 1.71. The van der Waals surface area contributed by atoms with E-state index in [4.69, 9.17) is 0 Å². The topological polar surface area (TPSA) is 31.9 Å². The van der Waals surface area contributed by atoms with Crippen molar-refractivity contribution < 1.29 is 0 Å². The van der Waals surface area contributed by atoms with E-state index in [0.29, 0.717) is 0 Å². The molecule has 0 aliphatic heterocycles. The van der Waals surface area contributed by atoms with Gasteiger partial charge in [0.25, 0.3) is 0 Å². The maximum absolute atomic E-state index is 4.01. The van der Waals surface area contributed by atoms with E-state index in [1.165, 1.54) is 11.1 Å². The Bertz CT molecular complexity index is 415. The van der Waals surface area contributed by atoms with Gasteiger partial charge in [0.05, 0.1) is 11.7 Å². The molecule has 2 aromatic rings. The van der Waals surface area contributed by atoms with Crippen molar-refractivity contribution in [3.05, 3.63) is 24.4 Å². The second kappa shape index (κ2) is 3.70. The van der Waals surface area contributed by atoms with Gasteiger partial charge >= 0.3 is 0 Å². The molecule has 0 saturated heterocycles. The Morgan fingerprint density at radius 1 is 1.29 bits per heavy atom. The van der Waals surface area contributed by atoms with E-state index in [1.54, 1.807) is 0 Å². The lowest BCUT2D eigenvalue weighted by molar-refractivity contribution is 0.867. The summed E-state index contributed by atoms with van der Waals surface area (Å²) in [7, 11) is 0.